The number of carbonyl (C=O) groups excluding carboxylic acids is 2. The van der Waals surface area contributed by atoms with Gasteiger partial charge in [-0.3, -0.25) is 4.79 Å². The third-order valence-electron chi connectivity index (χ3n) is 1.84. The van der Waals surface area contributed by atoms with E-state index < -0.39 is 16.8 Å². The molecule has 0 spiro atoms. The fourth-order valence-electron chi connectivity index (χ4n) is 0.541. The fourth-order valence-corrected chi connectivity index (χ4v) is 0.541. The Morgan fingerprint density at radius 2 is 1.86 bits per heavy atom. The maximum Gasteiger partial charge on any atom is 0.318 e. The van der Waals surface area contributed by atoms with Crippen LogP contribution in [0.2, 0.25) is 0 Å². The summed E-state index contributed by atoms with van der Waals surface area (Å²) >= 11 is 0. The first kappa shape index (κ1) is 13.1. The molecule has 0 atom stereocenters. The van der Waals surface area contributed by atoms with Crippen LogP contribution in [0.25, 0.3) is 0 Å². The largest absolute Gasteiger partial charge is 0.464 e. The highest BCUT2D eigenvalue weighted by atomic mass is 16.5. The molecule has 0 aromatic heterocycles. The molecule has 82 valence electrons. The number of esters is 1. The van der Waals surface area contributed by atoms with Crippen molar-refractivity contribution in [1.82, 2.24) is 0 Å². The molecule has 0 fully saturated rings. The minimum atomic E-state index is -1.11. The Labute approximate surface area is 84.3 Å². The van der Waals surface area contributed by atoms with Gasteiger partial charge in [0.25, 0.3) is 0 Å². The Hall–Kier alpha value is -0.900. The summed E-state index contributed by atoms with van der Waals surface area (Å²) in [4.78, 5) is 21.8. The highest BCUT2D eigenvalue weighted by Gasteiger charge is 2.30. The summed E-state index contributed by atoms with van der Waals surface area (Å²) in [5.41, 5.74) is -1.57. The van der Waals surface area contributed by atoms with Gasteiger partial charge in [0.05, 0.1) is 13.2 Å². The molecule has 4 heteroatoms. The first-order valence-corrected chi connectivity index (χ1v) is 4.49. The monoisotopic (exact) mass is 202 g/mol. The molecule has 0 saturated heterocycles. The molecule has 0 aromatic rings. The molecule has 0 heterocycles. The van der Waals surface area contributed by atoms with Gasteiger partial charge in [0, 0.05) is 5.41 Å². The number of ether oxygens (including phenoxy) is 1. The number of carbonyl (C=O) groups is 2. The van der Waals surface area contributed by atoms with Crippen molar-refractivity contribution in [3.05, 3.63) is 0 Å². The summed E-state index contributed by atoms with van der Waals surface area (Å²) in [5, 5.41) is 8.91. The van der Waals surface area contributed by atoms with E-state index in [1.165, 1.54) is 13.8 Å². The second kappa shape index (κ2) is 4.55. The Morgan fingerprint density at radius 1 is 1.36 bits per heavy atom. The quantitative estimate of drug-likeness (QED) is 0.406. The van der Waals surface area contributed by atoms with Gasteiger partial charge in [-0.15, -0.1) is 0 Å². The van der Waals surface area contributed by atoms with Crippen LogP contribution in [-0.4, -0.2) is 30.6 Å². The lowest BCUT2D eigenvalue weighted by Crippen LogP contribution is -2.33. The zero-order chi connectivity index (χ0) is 11.4. The van der Waals surface area contributed by atoms with Gasteiger partial charge in [0.15, 0.2) is 0 Å². The zero-order valence-electron chi connectivity index (χ0n) is 9.16. The standard InChI is InChI=1S/C10H18O4/c1-9(2,5-11)7-14-8(13)10(3,4)6-12/h6,11H,5,7H2,1-4H3. The predicted octanol–water partition coefficient (Wildman–Crippen LogP) is 0.773. The topological polar surface area (TPSA) is 63.6 Å². The molecular weight excluding hydrogens is 184 g/mol. The van der Waals surface area contributed by atoms with E-state index in [2.05, 4.69) is 0 Å². The van der Waals surface area contributed by atoms with Crippen LogP contribution in [0.1, 0.15) is 27.7 Å². The summed E-state index contributed by atoms with van der Waals surface area (Å²) in [6.07, 6.45) is 0.557. The molecule has 0 amide bonds. The Bertz CT molecular complexity index is 218. The minimum Gasteiger partial charge on any atom is -0.464 e. The third-order valence-corrected chi connectivity index (χ3v) is 1.84. The number of aliphatic hydroxyl groups is 1. The van der Waals surface area contributed by atoms with Crippen LogP contribution in [0.15, 0.2) is 0 Å². The maximum atomic E-state index is 11.3. The maximum absolute atomic E-state index is 11.3. The Kier molecular flexibility index (Phi) is 4.26. The van der Waals surface area contributed by atoms with Crippen molar-refractivity contribution in [2.24, 2.45) is 10.8 Å². The molecule has 0 unspecified atom stereocenters. The second-order valence-corrected chi connectivity index (χ2v) is 4.74. The summed E-state index contributed by atoms with van der Waals surface area (Å²) in [5.74, 6) is -0.561. The molecule has 0 aromatic carbocycles. The van der Waals surface area contributed by atoms with Crippen LogP contribution in [0.4, 0.5) is 0 Å². The van der Waals surface area contributed by atoms with Crippen LogP contribution < -0.4 is 0 Å². The molecule has 0 rings (SSSR count). The smallest absolute Gasteiger partial charge is 0.318 e. The minimum absolute atomic E-state index is 0.0677. The average molecular weight is 202 g/mol. The number of hydrogen-bond acceptors (Lipinski definition) is 4. The van der Waals surface area contributed by atoms with E-state index in [1.54, 1.807) is 13.8 Å². The molecule has 0 aliphatic heterocycles. The second-order valence-electron chi connectivity index (χ2n) is 4.74. The van der Waals surface area contributed by atoms with Gasteiger partial charge in [-0.25, -0.2) is 0 Å². The summed E-state index contributed by atoms with van der Waals surface area (Å²) in [6, 6.07) is 0. The summed E-state index contributed by atoms with van der Waals surface area (Å²) in [6.45, 7) is 6.58. The van der Waals surface area contributed by atoms with Crippen molar-refractivity contribution in [3.8, 4) is 0 Å². The van der Waals surface area contributed by atoms with E-state index >= 15 is 0 Å². The van der Waals surface area contributed by atoms with E-state index in [0.717, 1.165) is 0 Å². The SMILES string of the molecule is CC(C)(CO)COC(=O)C(C)(C)C=O. The lowest BCUT2D eigenvalue weighted by Gasteiger charge is -2.23. The highest BCUT2D eigenvalue weighted by Crippen LogP contribution is 2.18. The molecule has 0 bridgehead atoms. The van der Waals surface area contributed by atoms with E-state index in [0.29, 0.717) is 6.29 Å². The van der Waals surface area contributed by atoms with Gasteiger partial charge in [-0.05, 0) is 13.8 Å². The van der Waals surface area contributed by atoms with Crippen molar-refractivity contribution >= 4 is 12.3 Å². The predicted molar refractivity (Wildman–Crippen MR) is 51.7 cm³/mol. The van der Waals surface area contributed by atoms with Crippen molar-refractivity contribution < 1.29 is 19.4 Å². The summed E-state index contributed by atoms with van der Waals surface area (Å²) in [7, 11) is 0. The fraction of sp³-hybridized carbons (Fsp3) is 0.800. The third kappa shape index (κ3) is 3.87. The van der Waals surface area contributed by atoms with Crippen LogP contribution in [0.5, 0.6) is 0 Å². The van der Waals surface area contributed by atoms with Crippen LogP contribution >= 0.6 is 0 Å². The van der Waals surface area contributed by atoms with E-state index in [4.69, 9.17) is 9.84 Å². The van der Waals surface area contributed by atoms with Gasteiger partial charge in [-0.2, -0.15) is 0 Å². The summed E-state index contributed by atoms with van der Waals surface area (Å²) < 4.78 is 4.92. The van der Waals surface area contributed by atoms with Crippen molar-refractivity contribution in [3.63, 3.8) is 0 Å². The van der Waals surface area contributed by atoms with Gasteiger partial charge < -0.3 is 14.6 Å². The zero-order valence-corrected chi connectivity index (χ0v) is 9.16. The average Bonchev–Trinajstić information content (AvgIpc) is 2.14. The molecular formula is C10H18O4. The van der Waals surface area contributed by atoms with Crippen molar-refractivity contribution in [2.75, 3.05) is 13.2 Å². The molecule has 0 saturated carbocycles. The molecule has 4 nitrogen and oxygen atoms in total. The Balaban J connectivity index is 4.16. The first-order chi connectivity index (χ1) is 6.25. The highest BCUT2D eigenvalue weighted by molar-refractivity contribution is 5.92. The number of rotatable bonds is 5. The van der Waals surface area contributed by atoms with E-state index in [9.17, 15) is 9.59 Å². The van der Waals surface area contributed by atoms with Gasteiger partial charge in [0.1, 0.15) is 11.7 Å². The molecule has 0 radical (unpaired) electrons. The lowest BCUT2D eigenvalue weighted by molar-refractivity contribution is -0.158. The van der Waals surface area contributed by atoms with Gasteiger partial charge in [0.2, 0.25) is 0 Å². The number of aldehydes is 1. The normalized spacial score (nSPS) is 12.4. The van der Waals surface area contributed by atoms with Gasteiger partial charge in [-0.1, -0.05) is 13.8 Å². The van der Waals surface area contributed by atoms with E-state index in [-0.39, 0.29) is 13.2 Å². The lowest BCUT2D eigenvalue weighted by atomic mass is 9.94. The van der Waals surface area contributed by atoms with E-state index in [1.807, 2.05) is 0 Å². The van der Waals surface area contributed by atoms with Crippen LogP contribution in [-0.2, 0) is 14.3 Å². The first-order valence-electron chi connectivity index (χ1n) is 4.49. The number of hydrogen-bond donors (Lipinski definition) is 1. The van der Waals surface area contributed by atoms with Crippen LogP contribution in [0.3, 0.4) is 0 Å². The molecule has 14 heavy (non-hydrogen) atoms. The van der Waals surface area contributed by atoms with Crippen molar-refractivity contribution in [1.29, 1.82) is 0 Å². The van der Waals surface area contributed by atoms with Crippen molar-refractivity contribution in [2.45, 2.75) is 27.7 Å². The van der Waals surface area contributed by atoms with Crippen LogP contribution in [0, 0.1) is 10.8 Å². The Morgan fingerprint density at radius 3 is 2.21 bits per heavy atom. The molecule has 0 aliphatic carbocycles. The molecule has 0 aliphatic rings. The molecule has 1 N–H and O–H groups in total. The van der Waals surface area contributed by atoms with Gasteiger partial charge >= 0.3 is 5.97 Å². The number of aliphatic hydroxyl groups excluding tert-OH is 1.